The summed E-state index contributed by atoms with van der Waals surface area (Å²) in [4.78, 5) is 44.6. The van der Waals surface area contributed by atoms with Gasteiger partial charge in [0.1, 0.15) is 22.0 Å². The fourth-order valence-corrected chi connectivity index (χ4v) is 3.05. The van der Waals surface area contributed by atoms with Crippen molar-refractivity contribution in [2.45, 2.75) is 25.8 Å². The molecule has 0 aliphatic rings. The maximum Gasteiger partial charge on any atom is 0.332 e. The van der Waals surface area contributed by atoms with Crippen molar-refractivity contribution in [2.24, 2.45) is 14.1 Å². The van der Waals surface area contributed by atoms with E-state index in [1.807, 2.05) is 0 Å². The van der Waals surface area contributed by atoms with Crippen molar-refractivity contribution in [3.8, 4) is 0 Å². The molecule has 0 fully saturated rings. The Morgan fingerprint density at radius 3 is 2.26 bits per heavy atom. The molecule has 1 N–H and O–H groups in total. The topological polar surface area (TPSA) is 107 Å². The van der Waals surface area contributed by atoms with E-state index in [1.54, 1.807) is 6.92 Å². The first kappa shape index (κ1) is 16.9. The summed E-state index contributed by atoms with van der Waals surface area (Å²) in [6, 6.07) is 0. The number of carbonyl (C=O) groups excluding carboxylic acids is 1. The number of Topliss-reactive ketones (excluding diaryl/α,β-unsaturated/α-hetero) is 1. The lowest BCUT2D eigenvalue weighted by atomic mass is 10.3. The molecule has 0 spiro atoms. The summed E-state index contributed by atoms with van der Waals surface area (Å²) >= 11 is 0.886. The first-order chi connectivity index (χ1) is 10.6. The van der Waals surface area contributed by atoms with Gasteiger partial charge in [-0.3, -0.25) is 18.7 Å². The summed E-state index contributed by atoms with van der Waals surface area (Å²) in [5.41, 5.74) is -0.868. The van der Waals surface area contributed by atoms with E-state index < -0.39 is 11.2 Å². The maximum absolute atomic E-state index is 12.4. The van der Waals surface area contributed by atoms with Gasteiger partial charge in [-0.2, -0.15) is 0 Å². The summed E-state index contributed by atoms with van der Waals surface area (Å²) in [7, 11) is 2.86. The first-order valence-corrected chi connectivity index (χ1v) is 7.49. The number of hydrogen-bond donors (Lipinski definition) is 1. The van der Waals surface area contributed by atoms with Crippen LogP contribution in [0.1, 0.15) is 19.7 Å². The molecule has 0 aliphatic heterocycles. The predicted molar refractivity (Wildman–Crippen MR) is 86.6 cm³/mol. The Morgan fingerprint density at radius 1 is 1.13 bits per heavy atom. The van der Waals surface area contributed by atoms with E-state index in [1.165, 1.54) is 32.5 Å². The Bertz CT molecular complexity index is 967. The molecular formula is C14H16N4O4S. The van der Waals surface area contributed by atoms with Crippen LogP contribution in [-0.4, -0.2) is 30.0 Å². The summed E-state index contributed by atoms with van der Waals surface area (Å²) in [6.45, 7) is 4.31. The van der Waals surface area contributed by atoms with Gasteiger partial charge in [-0.15, -0.1) is 0 Å². The van der Waals surface area contributed by atoms with Crippen molar-refractivity contribution >= 4 is 28.6 Å². The molecule has 0 bridgehead atoms. The number of aryl methyl sites for hydroxylation is 2. The molecule has 122 valence electrons. The van der Waals surface area contributed by atoms with E-state index >= 15 is 0 Å². The Balaban J connectivity index is 2.91. The minimum absolute atomic E-state index is 0.0836. The van der Waals surface area contributed by atoms with Gasteiger partial charge < -0.3 is 5.11 Å². The van der Waals surface area contributed by atoms with Gasteiger partial charge in [-0.25, -0.2) is 14.8 Å². The minimum Gasteiger partial charge on any atom is -0.511 e. The van der Waals surface area contributed by atoms with Crippen molar-refractivity contribution in [1.29, 1.82) is 0 Å². The van der Waals surface area contributed by atoms with Crippen LogP contribution in [0.2, 0.25) is 0 Å². The standard InChI is InChI=1S/C14H16N4O4S/c1-6(19)10(7(2)20)23-12-9-11(15-8(3)16-12)17(4)14(22)18(5)13(9)21/h19H,1-5H3/b10-6-. The van der Waals surface area contributed by atoms with Gasteiger partial charge in [0.15, 0.2) is 11.4 Å². The second kappa shape index (κ2) is 5.99. The molecule has 23 heavy (non-hydrogen) atoms. The Labute approximate surface area is 135 Å². The molecule has 0 atom stereocenters. The van der Waals surface area contributed by atoms with Crippen molar-refractivity contribution in [1.82, 2.24) is 19.1 Å². The molecule has 0 saturated heterocycles. The molecule has 2 heterocycles. The zero-order valence-corrected chi connectivity index (χ0v) is 14.2. The summed E-state index contributed by atoms with van der Waals surface area (Å²) in [5.74, 6) is -0.156. The molecule has 9 heteroatoms. The molecule has 0 unspecified atom stereocenters. The highest BCUT2D eigenvalue weighted by molar-refractivity contribution is 8.04. The van der Waals surface area contributed by atoms with Gasteiger partial charge in [-0.1, -0.05) is 11.8 Å². The van der Waals surface area contributed by atoms with Crippen LogP contribution in [0.15, 0.2) is 25.3 Å². The van der Waals surface area contributed by atoms with Crippen LogP contribution in [0.4, 0.5) is 0 Å². The van der Waals surface area contributed by atoms with E-state index in [0.29, 0.717) is 5.82 Å². The Hall–Kier alpha value is -2.42. The third-order valence-electron chi connectivity index (χ3n) is 3.23. The van der Waals surface area contributed by atoms with Crippen LogP contribution in [0.25, 0.3) is 11.0 Å². The Morgan fingerprint density at radius 2 is 1.74 bits per heavy atom. The number of thioether (sulfide) groups is 1. The number of allylic oxidation sites excluding steroid dienone is 2. The molecule has 2 aromatic rings. The number of nitrogens with zero attached hydrogens (tertiary/aromatic N) is 4. The van der Waals surface area contributed by atoms with Crippen LogP contribution >= 0.6 is 11.8 Å². The third-order valence-corrected chi connectivity index (χ3v) is 4.50. The zero-order valence-electron chi connectivity index (χ0n) is 13.4. The highest BCUT2D eigenvalue weighted by Gasteiger charge is 2.20. The second-order valence-electron chi connectivity index (χ2n) is 5.05. The predicted octanol–water partition coefficient (Wildman–Crippen LogP) is 0.806. The summed E-state index contributed by atoms with van der Waals surface area (Å²) in [5, 5.41) is 10.0. The van der Waals surface area contributed by atoms with Gasteiger partial charge in [0.2, 0.25) is 0 Å². The number of aromatic nitrogens is 4. The normalized spacial score (nSPS) is 12.4. The van der Waals surface area contributed by atoms with Crippen LogP contribution < -0.4 is 11.2 Å². The lowest BCUT2D eigenvalue weighted by molar-refractivity contribution is -0.113. The summed E-state index contributed by atoms with van der Waals surface area (Å²) < 4.78 is 2.20. The molecule has 8 nitrogen and oxygen atoms in total. The fourth-order valence-electron chi connectivity index (χ4n) is 2.10. The summed E-state index contributed by atoms with van der Waals surface area (Å²) in [6.07, 6.45) is 0. The average Bonchev–Trinajstić information content (AvgIpc) is 2.47. The van der Waals surface area contributed by atoms with Gasteiger partial charge in [0, 0.05) is 14.1 Å². The molecule has 0 aliphatic carbocycles. The van der Waals surface area contributed by atoms with E-state index in [9.17, 15) is 19.5 Å². The third kappa shape index (κ3) is 2.91. The zero-order chi connectivity index (χ0) is 17.5. The van der Waals surface area contributed by atoms with Gasteiger partial charge in [0.25, 0.3) is 5.56 Å². The number of rotatable bonds is 3. The van der Waals surface area contributed by atoms with Gasteiger partial charge >= 0.3 is 5.69 Å². The number of hydrogen-bond acceptors (Lipinski definition) is 7. The lowest BCUT2D eigenvalue weighted by Gasteiger charge is -2.11. The highest BCUT2D eigenvalue weighted by atomic mass is 32.2. The fraction of sp³-hybridized carbons (Fsp3) is 0.357. The van der Waals surface area contributed by atoms with Crippen LogP contribution in [0.3, 0.4) is 0 Å². The maximum atomic E-state index is 12.4. The van der Waals surface area contributed by atoms with Crippen LogP contribution in [0, 0.1) is 6.92 Å². The molecular weight excluding hydrogens is 320 g/mol. The molecule has 0 aromatic carbocycles. The monoisotopic (exact) mass is 336 g/mol. The number of aliphatic hydroxyl groups excluding tert-OH is 1. The molecule has 0 radical (unpaired) electrons. The average molecular weight is 336 g/mol. The lowest BCUT2D eigenvalue weighted by Crippen LogP contribution is -2.37. The van der Waals surface area contributed by atoms with E-state index in [0.717, 1.165) is 16.3 Å². The SMILES string of the molecule is CC(=O)/C(Sc1nc(C)nc2c1c(=O)n(C)c(=O)n2C)=C(\C)O. The van der Waals surface area contributed by atoms with Crippen molar-refractivity contribution in [3.05, 3.63) is 37.3 Å². The largest absolute Gasteiger partial charge is 0.511 e. The van der Waals surface area contributed by atoms with Crippen molar-refractivity contribution in [2.75, 3.05) is 0 Å². The number of aliphatic hydroxyl groups is 1. The Kier molecular flexibility index (Phi) is 4.42. The van der Waals surface area contributed by atoms with Crippen LogP contribution in [-0.2, 0) is 18.9 Å². The highest BCUT2D eigenvalue weighted by Crippen LogP contribution is 2.30. The first-order valence-electron chi connectivity index (χ1n) is 6.68. The van der Waals surface area contributed by atoms with Crippen LogP contribution in [0.5, 0.6) is 0 Å². The minimum atomic E-state index is -0.552. The number of ketones is 1. The number of carbonyl (C=O) groups is 1. The van der Waals surface area contributed by atoms with E-state index in [4.69, 9.17) is 0 Å². The molecule has 2 rings (SSSR count). The van der Waals surface area contributed by atoms with Crippen molar-refractivity contribution < 1.29 is 9.90 Å². The number of fused-ring (bicyclic) bond motifs is 1. The van der Waals surface area contributed by atoms with Gasteiger partial charge in [-0.05, 0) is 20.8 Å². The molecule has 0 saturated carbocycles. The van der Waals surface area contributed by atoms with Gasteiger partial charge in [0.05, 0.1) is 4.91 Å². The van der Waals surface area contributed by atoms with Crippen molar-refractivity contribution in [3.63, 3.8) is 0 Å². The smallest absolute Gasteiger partial charge is 0.332 e. The molecule has 0 amide bonds. The quantitative estimate of drug-likeness (QED) is 0.382. The molecule has 2 aromatic heterocycles. The van der Waals surface area contributed by atoms with E-state index in [2.05, 4.69) is 9.97 Å². The van der Waals surface area contributed by atoms with E-state index in [-0.39, 0.29) is 32.5 Å². The second-order valence-corrected chi connectivity index (χ2v) is 6.05.